The average Bonchev–Trinajstić information content (AvgIpc) is 3.42. The van der Waals surface area contributed by atoms with Crippen LogP contribution >= 0.6 is 24.0 Å². The minimum absolute atomic E-state index is 0. The summed E-state index contributed by atoms with van der Waals surface area (Å²) in [6.45, 7) is 7.01. The van der Waals surface area contributed by atoms with Gasteiger partial charge in [-0.15, -0.1) is 24.0 Å². The van der Waals surface area contributed by atoms with Crippen LogP contribution < -0.4 is 5.32 Å². The van der Waals surface area contributed by atoms with Crippen LogP contribution in [-0.2, 0) is 11.3 Å². The van der Waals surface area contributed by atoms with Crippen molar-refractivity contribution in [3.63, 3.8) is 0 Å². The molecule has 1 atom stereocenters. The fourth-order valence-electron chi connectivity index (χ4n) is 3.94. The third-order valence-corrected chi connectivity index (χ3v) is 5.46. The molecule has 3 heterocycles. The molecule has 2 aromatic rings. The monoisotopic (exact) mass is 499 g/mol. The van der Waals surface area contributed by atoms with Gasteiger partial charge in [-0.25, -0.2) is 14.4 Å². The Balaban J connectivity index is 0.00000225. The molecule has 0 aliphatic carbocycles. The fraction of sp³-hybridized carbons (Fsp3) is 0.500. The van der Waals surface area contributed by atoms with Gasteiger partial charge in [0.25, 0.3) is 0 Å². The normalized spacial score (nSPS) is 21.9. The highest BCUT2D eigenvalue weighted by molar-refractivity contribution is 14.0. The van der Waals surface area contributed by atoms with Crippen LogP contribution in [0.5, 0.6) is 0 Å². The van der Waals surface area contributed by atoms with Gasteiger partial charge in [-0.1, -0.05) is 6.07 Å². The van der Waals surface area contributed by atoms with Crippen molar-refractivity contribution >= 4 is 29.9 Å². The Hall–Kier alpha value is -1.68. The van der Waals surface area contributed by atoms with Crippen LogP contribution in [0.15, 0.2) is 41.9 Å². The molecule has 1 spiro atoms. The number of rotatable bonds is 4. The molecule has 1 N–H and O–H groups in total. The first-order chi connectivity index (χ1) is 13.2. The van der Waals surface area contributed by atoms with Gasteiger partial charge in [0.1, 0.15) is 5.82 Å². The Kier molecular flexibility index (Phi) is 6.92. The maximum atomic E-state index is 14.4. The number of nitrogens with zero attached hydrogens (tertiary/aromatic N) is 4. The van der Waals surface area contributed by atoms with Crippen molar-refractivity contribution in [1.82, 2.24) is 19.8 Å². The first-order valence-electron chi connectivity index (χ1n) is 9.57. The van der Waals surface area contributed by atoms with E-state index < -0.39 is 0 Å². The molecule has 152 valence electrons. The van der Waals surface area contributed by atoms with E-state index in [9.17, 15) is 4.39 Å². The second-order valence-corrected chi connectivity index (χ2v) is 7.40. The summed E-state index contributed by atoms with van der Waals surface area (Å²) in [5.74, 6) is 0.634. The van der Waals surface area contributed by atoms with Crippen LogP contribution in [0.2, 0.25) is 0 Å². The van der Waals surface area contributed by atoms with Gasteiger partial charge < -0.3 is 19.5 Å². The zero-order valence-electron chi connectivity index (χ0n) is 16.1. The number of hydrogen-bond donors (Lipinski definition) is 1. The van der Waals surface area contributed by atoms with Crippen molar-refractivity contribution in [3.05, 3.63) is 48.3 Å². The van der Waals surface area contributed by atoms with Crippen molar-refractivity contribution in [2.45, 2.75) is 26.3 Å². The molecule has 0 bridgehead atoms. The van der Waals surface area contributed by atoms with E-state index in [1.807, 2.05) is 6.07 Å². The van der Waals surface area contributed by atoms with Gasteiger partial charge in [0.2, 0.25) is 0 Å². The highest BCUT2D eigenvalue weighted by Crippen LogP contribution is 2.38. The summed E-state index contributed by atoms with van der Waals surface area (Å²) in [6.07, 6.45) is 7.24. The van der Waals surface area contributed by atoms with E-state index in [1.165, 1.54) is 0 Å². The summed E-state index contributed by atoms with van der Waals surface area (Å²) in [5, 5.41) is 3.38. The number of nitrogens with one attached hydrogen (secondary N) is 1. The highest BCUT2D eigenvalue weighted by Gasteiger charge is 2.42. The molecule has 2 fully saturated rings. The van der Waals surface area contributed by atoms with Crippen molar-refractivity contribution in [1.29, 1.82) is 0 Å². The quantitative estimate of drug-likeness (QED) is 0.399. The third kappa shape index (κ3) is 4.48. The van der Waals surface area contributed by atoms with Crippen molar-refractivity contribution in [3.8, 4) is 5.69 Å². The average molecular weight is 499 g/mol. The molecule has 28 heavy (non-hydrogen) atoms. The number of hydrogen-bond acceptors (Lipinski definition) is 3. The van der Waals surface area contributed by atoms with Gasteiger partial charge in [-0.05, 0) is 37.5 Å². The molecule has 8 heteroatoms. The van der Waals surface area contributed by atoms with Gasteiger partial charge in [0.05, 0.1) is 25.2 Å². The Morgan fingerprint density at radius 3 is 2.96 bits per heavy atom. The smallest absolute Gasteiger partial charge is 0.194 e. The first-order valence-corrected chi connectivity index (χ1v) is 9.57. The lowest BCUT2D eigenvalue weighted by molar-refractivity contribution is 0.156. The van der Waals surface area contributed by atoms with Crippen LogP contribution in [0.4, 0.5) is 4.39 Å². The van der Waals surface area contributed by atoms with Crippen LogP contribution in [-0.4, -0.2) is 53.3 Å². The van der Waals surface area contributed by atoms with E-state index in [2.05, 4.69) is 22.1 Å². The van der Waals surface area contributed by atoms with Crippen LogP contribution in [0.1, 0.15) is 25.3 Å². The van der Waals surface area contributed by atoms with Crippen molar-refractivity contribution < 1.29 is 9.13 Å². The number of likely N-dealkylation sites (tertiary alicyclic amines) is 1. The molecule has 2 aliphatic rings. The van der Waals surface area contributed by atoms with Gasteiger partial charge in [0, 0.05) is 44.0 Å². The molecule has 0 amide bonds. The number of aliphatic imine (C=N–C) groups is 1. The number of halogens is 2. The second kappa shape index (κ2) is 9.21. The molecule has 4 rings (SSSR count). The third-order valence-electron chi connectivity index (χ3n) is 5.46. The SMILES string of the molecule is CCNC(=NCc1ccc(-n2ccnc2)c(F)c1)N1CCC2(CCOC2)C1.I. The molecule has 1 aromatic carbocycles. The van der Waals surface area contributed by atoms with E-state index in [4.69, 9.17) is 9.73 Å². The van der Waals surface area contributed by atoms with E-state index in [0.717, 1.165) is 57.2 Å². The largest absolute Gasteiger partial charge is 0.381 e. The zero-order chi connectivity index (χ0) is 18.7. The lowest BCUT2D eigenvalue weighted by atomic mass is 9.87. The first kappa shape index (κ1) is 21.0. The Bertz CT molecular complexity index is 805. The summed E-state index contributed by atoms with van der Waals surface area (Å²) < 4.78 is 21.7. The molecule has 0 saturated carbocycles. The van der Waals surface area contributed by atoms with E-state index in [-0.39, 0.29) is 35.2 Å². The predicted octanol–water partition coefficient (Wildman–Crippen LogP) is 3.21. The number of guanidine groups is 1. The van der Waals surface area contributed by atoms with Crippen LogP contribution in [0, 0.1) is 11.2 Å². The Morgan fingerprint density at radius 1 is 1.39 bits per heavy atom. The van der Waals surface area contributed by atoms with Gasteiger partial charge in [0.15, 0.2) is 5.96 Å². The molecule has 1 unspecified atom stereocenters. The summed E-state index contributed by atoms with van der Waals surface area (Å²) in [7, 11) is 0. The number of ether oxygens (including phenoxy) is 1. The Labute approximate surface area is 182 Å². The maximum absolute atomic E-state index is 14.4. The second-order valence-electron chi connectivity index (χ2n) is 7.40. The molecule has 2 saturated heterocycles. The van der Waals surface area contributed by atoms with Crippen molar-refractivity contribution in [2.24, 2.45) is 10.4 Å². The highest BCUT2D eigenvalue weighted by atomic mass is 127. The number of aromatic nitrogens is 2. The number of imidazole rings is 1. The van der Waals surface area contributed by atoms with Crippen LogP contribution in [0.25, 0.3) is 5.69 Å². The molecule has 2 aliphatic heterocycles. The zero-order valence-corrected chi connectivity index (χ0v) is 18.4. The fourth-order valence-corrected chi connectivity index (χ4v) is 3.94. The molecule has 1 aromatic heterocycles. The topological polar surface area (TPSA) is 54.7 Å². The van der Waals surface area contributed by atoms with E-state index in [0.29, 0.717) is 12.2 Å². The molecule has 0 radical (unpaired) electrons. The van der Waals surface area contributed by atoms with E-state index in [1.54, 1.807) is 35.4 Å². The predicted molar refractivity (Wildman–Crippen MR) is 118 cm³/mol. The maximum Gasteiger partial charge on any atom is 0.194 e. The summed E-state index contributed by atoms with van der Waals surface area (Å²) in [5.41, 5.74) is 1.63. The van der Waals surface area contributed by atoms with Crippen LogP contribution in [0.3, 0.4) is 0 Å². The molecule has 6 nitrogen and oxygen atoms in total. The lowest BCUT2D eigenvalue weighted by Gasteiger charge is -2.25. The number of benzene rings is 1. The Morgan fingerprint density at radius 2 is 2.29 bits per heavy atom. The van der Waals surface area contributed by atoms with Gasteiger partial charge in [-0.3, -0.25) is 0 Å². The summed E-state index contributed by atoms with van der Waals surface area (Å²) in [6, 6.07) is 5.25. The molecular weight excluding hydrogens is 472 g/mol. The van der Waals surface area contributed by atoms with Crippen molar-refractivity contribution in [2.75, 3.05) is 32.8 Å². The summed E-state index contributed by atoms with van der Waals surface area (Å²) in [4.78, 5) is 11.0. The minimum atomic E-state index is -0.270. The van der Waals surface area contributed by atoms with Gasteiger partial charge >= 0.3 is 0 Å². The minimum Gasteiger partial charge on any atom is -0.381 e. The molecular formula is C20H27FIN5O. The van der Waals surface area contributed by atoms with Gasteiger partial charge in [-0.2, -0.15) is 0 Å². The standard InChI is InChI=1S/C20H26FN5O.HI/c1-2-23-19(25-8-5-20(13-25)6-10-27-14-20)24-12-16-3-4-18(17(21)11-16)26-9-7-22-15-26;/h3-4,7,9,11,15H,2,5-6,8,10,12-14H2,1H3,(H,23,24);1H. The summed E-state index contributed by atoms with van der Waals surface area (Å²) >= 11 is 0. The lowest BCUT2D eigenvalue weighted by Crippen LogP contribution is -2.41. The van der Waals surface area contributed by atoms with E-state index >= 15 is 0 Å².